The second-order valence-corrected chi connectivity index (χ2v) is 6.98. The second kappa shape index (κ2) is 10.0. The molecule has 144 valence electrons. The van der Waals surface area contributed by atoms with E-state index in [4.69, 9.17) is 0 Å². The molecular formula is C21H28N4O2. The smallest absolute Gasteiger partial charge is 0.260 e. The molecule has 0 bridgehead atoms. The predicted molar refractivity (Wildman–Crippen MR) is 107 cm³/mol. The average molecular weight is 368 g/mol. The fourth-order valence-electron chi connectivity index (χ4n) is 3.37. The van der Waals surface area contributed by atoms with Crippen LogP contribution in [0.5, 0.6) is 0 Å². The van der Waals surface area contributed by atoms with E-state index < -0.39 is 0 Å². The summed E-state index contributed by atoms with van der Waals surface area (Å²) in [7, 11) is 0. The maximum Gasteiger partial charge on any atom is 0.260 e. The zero-order chi connectivity index (χ0) is 18.9. The molecule has 0 atom stereocenters. The number of hydrogen-bond acceptors (Lipinski definition) is 4. The van der Waals surface area contributed by atoms with Crippen molar-refractivity contribution < 1.29 is 4.79 Å². The molecule has 0 unspecified atom stereocenters. The summed E-state index contributed by atoms with van der Waals surface area (Å²) >= 11 is 0. The summed E-state index contributed by atoms with van der Waals surface area (Å²) in [6, 6.07) is 13.8. The van der Waals surface area contributed by atoms with Gasteiger partial charge in [0.1, 0.15) is 5.56 Å². The second-order valence-electron chi connectivity index (χ2n) is 6.98. The number of carbonyl (C=O) groups is 1. The summed E-state index contributed by atoms with van der Waals surface area (Å²) < 4.78 is 0. The van der Waals surface area contributed by atoms with Crippen molar-refractivity contribution in [3.05, 3.63) is 70.1 Å². The van der Waals surface area contributed by atoms with E-state index in [9.17, 15) is 9.59 Å². The van der Waals surface area contributed by atoms with Crippen molar-refractivity contribution in [1.29, 1.82) is 0 Å². The number of amides is 1. The van der Waals surface area contributed by atoms with Crippen LogP contribution in [-0.4, -0.2) is 60.0 Å². The summed E-state index contributed by atoms with van der Waals surface area (Å²) in [6.07, 6.45) is 3.49. The van der Waals surface area contributed by atoms with Gasteiger partial charge in [0.15, 0.2) is 0 Å². The van der Waals surface area contributed by atoms with Crippen LogP contribution < -0.4 is 10.9 Å². The Labute approximate surface area is 160 Å². The number of rotatable bonds is 8. The van der Waals surface area contributed by atoms with E-state index in [0.717, 1.165) is 52.1 Å². The van der Waals surface area contributed by atoms with Gasteiger partial charge in [-0.25, -0.2) is 0 Å². The third-order valence-corrected chi connectivity index (χ3v) is 4.96. The Morgan fingerprint density at radius 3 is 2.44 bits per heavy atom. The summed E-state index contributed by atoms with van der Waals surface area (Å²) in [5.74, 6) is -0.300. The van der Waals surface area contributed by atoms with Crippen molar-refractivity contribution in [1.82, 2.24) is 20.1 Å². The maximum absolute atomic E-state index is 12.0. The number of carbonyl (C=O) groups excluding carboxylic acids is 1. The average Bonchev–Trinajstić information content (AvgIpc) is 2.70. The number of H-pyrrole nitrogens is 1. The lowest BCUT2D eigenvalue weighted by Gasteiger charge is -2.34. The third-order valence-electron chi connectivity index (χ3n) is 4.96. The van der Waals surface area contributed by atoms with Gasteiger partial charge in [0.05, 0.1) is 0 Å². The van der Waals surface area contributed by atoms with E-state index in [-0.39, 0.29) is 17.0 Å². The highest BCUT2D eigenvalue weighted by Gasteiger charge is 2.16. The van der Waals surface area contributed by atoms with Crippen molar-refractivity contribution in [3.63, 3.8) is 0 Å². The Morgan fingerprint density at radius 1 is 0.963 bits per heavy atom. The number of hydrogen-bond donors (Lipinski definition) is 2. The quantitative estimate of drug-likeness (QED) is 0.696. The van der Waals surface area contributed by atoms with Crippen LogP contribution in [0.15, 0.2) is 53.5 Å². The fourth-order valence-corrected chi connectivity index (χ4v) is 3.37. The van der Waals surface area contributed by atoms with E-state index in [2.05, 4.69) is 50.4 Å². The number of aromatic nitrogens is 1. The van der Waals surface area contributed by atoms with Gasteiger partial charge in [0, 0.05) is 45.5 Å². The van der Waals surface area contributed by atoms with Gasteiger partial charge in [-0.05, 0) is 37.1 Å². The first-order valence-electron chi connectivity index (χ1n) is 9.67. The van der Waals surface area contributed by atoms with Crippen molar-refractivity contribution in [2.24, 2.45) is 0 Å². The van der Waals surface area contributed by atoms with Gasteiger partial charge in [-0.15, -0.1) is 0 Å². The van der Waals surface area contributed by atoms with E-state index in [1.54, 1.807) is 12.1 Å². The molecule has 1 saturated heterocycles. The third kappa shape index (κ3) is 6.05. The van der Waals surface area contributed by atoms with E-state index in [1.807, 2.05) is 0 Å². The van der Waals surface area contributed by atoms with Gasteiger partial charge >= 0.3 is 0 Å². The van der Waals surface area contributed by atoms with E-state index >= 15 is 0 Å². The minimum atomic E-state index is -0.344. The molecule has 2 heterocycles. The van der Waals surface area contributed by atoms with E-state index in [1.165, 1.54) is 11.8 Å². The van der Waals surface area contributed by atoms with Crippen LogP contribution in [0, 0.1) is 0 Å². The largest absolute Gasteiger partial charge is 0.352 e. The van der Waals surface area contributed by atoms with Crippen LogP contribution in [0.1, 0.15) is 28.8 Å². The Kier molecular flexibility index (Phi) is 7.19. The lowest BCUT2D eigenvalue weighted by atomic mass is 10.2. The molecule has 0 radical (unpaired) electrons. The zero-order valence-corrected chi connectivity index (χ0v) is 15.7. The molecule has 3 rings (SSSR count). The summed E-state index contributed by atoms with van der Waals surface area (Å²) in [4.78, 5) is 31.1. The molecule has 1 aliphatic rings. The Balaban J connectivity index is 1.28. The summed E-state index contributed by atoms with van der Waals surface area (Å²) in [5.41, 5.74) is 1.20. The molecule has 1 fully saturated rings. The minimum Gasteiger partial charge on any atom is -0.352 e. The molecular weight excluding hydrogens is 340 g/mol. The zero-order valence-electron chi connectivity index (χ0n) is 15.7. The van der Waals surface area contributed by atoms with Crippen LogP contribution in [0.4, 0.5) is 0 Å². The summed E-state index contributed by atoms with van der Waals surface area (Å²) in [6.45, 7) is 7.07. The maximum atomic E-state index is 12.0. The molecule has 0 aliphatic carbocycles. The standard InChI is InChI=1S/C21H28N4O2/c26-20(19-9-6-11-23-21(19)27)22-10-4-5-12-24-13-15-25(16-14-24)17-18-7-2-1-3-8-18/h1-3,6-9,11H,4-5,10,12-17H2,(H,22,26)(H,23,27). The molecule has 1 aromatic carbocycles. The molecule has 1 amide bonds. The van der Waals surface area contributed by atoms with Gasteiger partial charge < -0.3 is 15.2 Å². The lowest BCUT2D eigenvalue weighted by Crippen LogP contribution is -2.46. The van der Waals surface area contributed by atoms with Crippen LogP contribution >= 0.6 is 0 Å². The Hall–Kier alpha value is -2.44. The normalized spacial score (nSPS) is 15.6. The van der Waals surface area contributed by atoms with Crippen molar-refractivity contribution >= 4 is 5.91 Å². The molecule has 1 aliphatic heterocycles. The van der Waals surface area contributed by atoms with Crippen LogP contribution in [0.2, 0.25) is 0 Å². The van der Waals surface area contributed by atoms with Crippen molar-refractivity contribution in [2.45, 2.75) is 19.4 Å². The monoisotopic (exact) mass is 368 g/mol. The topological polar surface area (TPSA) is 68.4 Å². The number of unbranched alkanes of at least 4 members (excludes halogenated alkanes) is 1. The first-order valence-corrected chi connectivity index (χ1v) is 9.67. The van der Waals surface area contributed by atoms with Gasteiger partial charge in [-0.1, -0.05) is 30.3 Å². The molecule has 6 heteroatoms. The number of nitrogens with zero attached hydrogens (tertiary/aromatic N) is 2. The fraction of sp³-hybridized carbons (Fsp3) is 0.429. The number of aromatic amines is 1. The number of benzene rings is 1. The van der Waals surface area contributed by atoms with Crippen molar-refractivity contribution in [3.8, 4) is 0 Å². The number of pyridine rings is 1. The van der Waals surface area contributed by atoms with Gasteiger partial charge in [-0.2, -0.15) is 0 Å². The molecule has 0 saturated carbocycles. The molecule has 1 aromatic heterocycles. The summed E-state index contributed by atoms with van der Waals surface area (Å²) in [5, 5.41) is 2.83. The predicted octanol–water partition coefficient (Wildman–Crippen LogP) is 1.70. The highest BCUT2D eigenvalue weighted by atomic mass is 16.2. The first-order chi connectivity index (χ1) is 13.2. The lowest BCUT2D eigenvalue weighted by molar-refractivity contribution is 0.0949. The Bertz CT molecular complexity index is 767. The van der Waals surface area contributed by atoms with Gasteiger partial charge in [-0.3, -0.25) is 14.5 Å². The van der Waals surface area contributed by atoms with Crippen LogP contribution in [0.25, 0.3) is 0 Å². The van der Waals surface area contributed by atoms with Crippen LogP contribution in [0.3, 0.4) is 0 Å². The Morgan fingerprint density at radius 2 is 1.70 bits per heavy atom. The minimum absolute atomic E-state index is 0.173. The highest BCUT2D eigenvalue weighted by molar-refractivity contribution is 5.93. The van der Waals surface area contributed by atoms with Crippen LogP contribution in [-0.2, 0) is 6.54 Å². The SMILES string of the molecule is O=C(NCCCCN1CCN(Cc2ccccc2)CC1)c1ccc[nH]c1=O. The number of piperazine rings is 1. The number of nitrogens with one attached hydrogen (secondary N) is 2. The van der Waals surface area contributed by atoms with Crippen molar-refractivity contribution in [2.75, 3.05) is 39.3 Å². The van der Waals surface area contributed by atoms with Gasteiger partial charge in [0.25, 0.3) is 11.5 Å². The highest BCUT2D eigenvalue weighted by Crippen LogP contribution is 2.09. The van der Waals surface area contributed by atoms with Gasteiger partial charge in [0.2, 0.25) is 0 Å². The molecule has 2 aromatic rings. The van der Waals surface area contributed by atoms with E-state index in [0.29, 0.717) is 6.54 Å². The molecule has 6 nitrogen and oxygen atoms in total. The first kappa shape index (κ1) is 19.3. The molecule has 27 heavy (non-hydrogen) atoms. The molecule has 2 N–H and O–H groups in total. The molecule has 0 spiro atoms.